The Kier molecular flexibility index (Phi) is 7.42. The topological polar surface area (TPSA) is 104 Å². The van der Waals surface area contributed by atoms with E-state index in [4.69, 9.17) is 9.72 Å². The number of hydrogen-bond acceptors (Lipinski definition) is 6. The standard InChI is InChI=1S/C28H34N6O3/c1-7-12-19-23-24(32-34(19)22-16-11-15-21(29-22)30-27(36)28(3,4)5)26(35)33(6)25(31-23)18-13-9-10-14-20(18)37-17-8-2/h9-11,13-16H,7-8,12,17H2,1-6H3,(H,29,30,36). The third-order valence-corrected chi connectivity index (χ3v) is 5.95. The lowest BCUT2D eigenvalue weighted by Crippen LogP contribution is -2.28. The maximum atomic E-state index is 13.5. The van der Waals surface area contributed by atoms with Gasteiger partial charge in [-0.1, -0.05) is 59.2 Å². The molecule has 9 heteroatoms. The normalized spacial score (nSPS) is 11.6. The smallest absolute Gasteiger partial charge is 0.281 e. The van der Waals surface area contributed by atoms with Crippen LogP contribution in [0.4, 0.5) is 5.82 Å². The van der Waals surface area contributed by atoms with E-state index in [0.29, 0.717) is 41.8 Å². The second-order valence-electron chi connectivity index (χ2n) is 10.0. The fourth-order valence-corrected chi connectivity index (χ4v) is 3.94. The number of rotatable bonds is 8. The third-order valence-electron chi connectivity index (χ3n) is 5.95. The number of fused-ring (bicyclic) bond motifs is 1. The largest absolute Gasteiger partial charge is 0.493 e. The molecule has 0 saturated carbocycles. The molecule has 0 aliphatic heterocycles. The first-order chi connectivity index (χ1) is 17.7. The average molecular weight is 503 g/mol. The van der Waals surface area contributed by atoms with Gasteiger partial charge in [0.2, 0.25) is 5.91 Å². The molecule has 0 fully saturated rings. The van der Waals surface area contributed by atoms with E-state index in [1.54, 1.807) is 29.9 Å². The number of aryl methyl sites for hydroxylation is 1. The molecule has 4 aromatic rings. The Morgan fingerprint density at radius 1 is 1.00 bits per heavy atom. The Morgan fingerprint density at radius 3 is 2.46 bits per heavy atom. The van der Waals surface area contributed by atoms with Gasteiger partial charge >= 0.3 is 0 Å². The first-order valence-electron chi connectivity index (χ1n) is 12.6. The molecule has 3 aromatic heterocycles. The van der Waals surface area contributed by atoms with Gasteiger partial charge < -0.3 is 10.1 Å². The average Bonchev–Trinajstić information content (AvgIpc) is 3.23. The molecule has 37 heavy (non-hydrogen) atoms. The van der Waals surface area contributed by atoms with E-state index in [-0.39, 0.29) is 17.0 Å². The van der Waals surface area contributed by atoms with Gasteiger partial charge in [-0.3, -0.25) is 14.2 Å². The van der Waals surface area contributed by atoms with Gasteiger partial charge in [0.15, 0.2) is 11.3 Å². The second-order valence-corrected chi connectivity index (χ2v) is 10.0. The summed E-state index contributed by atoms with van der Waals surface area (Å²) in [5, 5.41) is 7.52. The molecule has 0 saturated heterocycles. The van der Waals surface area contributed by atoms with Crippen LogP contribution in [0.3, 0.4) is 0 Å². The predicted molar refractivity (Wildman–Crippen MR) is 145 cm³/mol. The van der Waals surface area contributed by atoms with Gasteiger partial charge in [0.1, 0.15) is 22.9 Å². The highest BCUT2D eigenvalue weighted by Gasteiger charge is 2.24. The number of aromatic nitrogens is 5. The number of benzene rings is 1. The summed E-state index contributed by atoms with van der Waals surface area (Å²) in [7, 11) is 1.69. The van der Waals surface area contributed by atoms with E-state index in [1.165, 1.54) is 4.57 Å². The van der Waals surface area contributed by atoms with E-state index in [2.05, 4.69) is 22.3 Å². The molecular formula is C28H34N6O3. The monoisotopic (exact) mass is 502 g/mol. The summed E-state index contributed by atoms with van der Waals surface area (Å²) in [4.78, 5) is 35.6. The SMILES string of the molecule is CCCOc1ccccc1-c1nc2c(CCC)n(-c3cccc(NC(=O)C(C)(C)C)n3)nc2c(=O)n1C. The summed E-state index contributed by atoms with van der Waals surface area (Å²) >= 11 is 0. The number of anilines is 1. The van der Waals surface area contributed by atoms with E-state index < -0.39 is 5.41 Å². The third kappa shape index (κ3) is 5.26. The Bertz CT molecular complexity index is 1500. The lowest BCUT2D eigenvalue weighted by molar-refractivity contribution is -0.123. The molecule has 4 rings (SSSR count). The maximum Gasteiger partial charge on any atom is 0.281 e. The van der Waals surface area contributed by atoms with Crippen LogP contribution in [-0.4, -0.2) is 36.8 Å². The van der Waals surface area contributed by atoms with E-state index in [1.807, 2.05) is 52.0 Å². The molecule has 0 unspecified atom stereocenters. The predicted octanol–water partition coefficient (Wildman–Crippen LogP) is 4.91. The van der Waals surface area contributed by atoms with Gasteiger partial charge in [0.25, 0.3) is 5.56 Å². The fourth-order valence-electron chi connectivity index (χ4n) is 3.94. The number of carbonyl (C=O) groups excluding carboxylic acids is 1. The van der Waals surface area contributed by atoms with Crippen molar-refractivity contribution in [1.82, 2.24) is 24.3 Å². The van der Waals surface area contributed by atoms with Crippen molar-refractivity contribution in [3.63, 3.8) is 0 Å². The van der Waals surface area contributed by atoms with Crippen molar-refractivity contribution in [2.75, 3.05) is 11.9 Å². The maximum absolute atomic E-state index is 13.5. The zero-order chi connectivity index (χ0) is 26.7. The van der Waals surface area contributed by atoms with Crippen molar-refractivity contribution >= 4 is 22.8 Å². The van der Waals surface area contributed by atoms with Crippen LogP contribution in [0.2, 0.25) is 0 Å². The molecule has 0 spiro atoms. The summed E-state index contributed by atoms with van der Waals surface area (Å²) in [6, 6.07) is 13.0. The number of para-hydroxylation sites is 1. The van der Waals surface area contributed by atoms with Crippen LogP contribution in [0.15, 0.2) is 47.3 Å². The number of amides is 1. The van der Waals surface area contributed by atoms with Gasteiger partial charge in [0, 0.05) is 12.5 Å². The minimum Gasteiger partial charge on any atom is -0.493 e. The first-order valence-corrected chi connectivity index (χ1v) is 12.6. The van der Waals surface area contributed by atoms with Crippen LogP contribution in [-0.2, 0) is 18.3 Å². The second kappa shape index (κ2) is 10.5. The zero-order valence-electron chi connectivity index (χ0n) is 22.3. The van der Waals surface area contributed by atoms with Crippen molar-refractivity contribution in [1.29, 1.82) is 0 Å². The van der Waals surface area contributed by atoms with Gasteiger partial charge in [-0.25, -0.2) is 14.6 Å². The van der Waals surface area contributed by atoms with E-state index >= 15 is 0 Å². The van der Waals surface area contributed by atoms with Crippen molar-refractivity contribution in [3.8, 4) is 23.0 Å². The highest BCUT2D eigenvalue weighted by Crippen LogP contribution is 2.30. The van der Waals surface area contributed by atoms with E-state index in [9.17, 15) is 9.59 Å². The van der Waals surface area contributed by atoms with Gasteiger partial charge in [-0.15, -0.1) is 0 Å². The molecule has 3 heterocycles. The van der Waals surface area contributed by atoms with Crippen molar-refractivity contribution in [3.05, 3.63) is 58.5 Å². The van der Waals surface area contributed by atoms with Crippen LogP contribution >= 0.6 is 0 Å². The summed E-state index contributed by atoms with van der Waals surface area (Å²) < 4.78 is 9.12. The summed E-state index contributed by atoms with van der Waals surface area (Å²) in [5.74, 6) is 1.98. The van der Waals surface area contributed by atoms with Crippen LogP contribution in [0.5, 0.6) is 5.75 Å². The Hall–Kier alpha value is -4.01. The molecule has 194 valence electrons. The number of ether oxygens (including phenoxy) is 1. The number of nitrogens with one attached hydrogen (secondary N) is 1. The molecule has 1 aromatic carbocycles. The number of carbonyl (C=O) groups is 1. The molecule has 1 N–H and O–H groups in total. The number of pyridine rings is 1. The Balaban J connectivity index is 1.88. The van der Waals surface area contributed by atoms with Crippen LogP contribution in [0.25, 0.3) is 28.2 Å². The lowest BCUT2D eigenvalue weighted by atomic mass is 9.96. The fraction of sp³-hybridized carbons (Fsp3) is 0.393. The van der Waals surface area contributed by atoms with Crippen LogP contribution in [0.1, 0.15) is 53.2 Å². The first kappa shape index (κ1) is 26.1. The van der Waals surface area contributed by atoms with Gasteiger partial charge in [-0.2, -0.15) is 5.10 Å². The molecular weight excluding hydrogens is 468 g/mol. The van der Waals surface area contributed by atoms with Crippen molar-refractivity contribution in [2.45, 2.75) is 53.9 Å². The minimum atomic E-state index is -0.560. The number of hydrogen-bond donors (Lipinski definition) is 1. The van der Waals surface area contributed by atoms with E-state index in [0.717, 1.165) is 24.1 Å². The van der Waals surface area contributed by atoms with Crippen molar-refractivity contribution in [2.24, 2.45) is 12.5 Å². The molecule has 0 atom stereocenters. The summed E-state index contributed by atoms with van der Waals surface area (Å²) in [6.45, 7) is 10.2. The molecule has 9 nitrogen and oxygen atoms in total. The molecule has 0 aliphatic rings. The summed E-state index contributed by atoms with van der Waals surface area (Å²) in [5.41, 5.74) is 1.53. The number of nitrogens with zero attached hydrogens (tertiary/aromatic N) is 5. The quantitative estimate of drug-likeness (QED) is 0.367. The van der Waals surface area contributed by atoms with Crippen LogP contribution < -0.4 is 15.6 Å². The Morgan fingerprint density at radius 2 is 1.76 bits per heavy atom. The van der Waals surface area contributed by atoms with Gasteiger partial charge in [-0.05, 0) is 37.1 Å². The van der Waals surface area contributed by atoms with Crippen molar-refractivity contribution < 1.29 is 9.53 Å². The van der Waals surface area contributed by atoms with Gasteiger partial charge in [0.05, 0.1) is 17.9 Å². The highest BCUT2D eigenvalue weighted by molar-refractivity contribution is 5.93. The Labute approximate surface area is 216 Å². The molecule has 0 bridgehead atoms. The lowest BCUT2D eigenvalue weighted by Gasteiger charge is -2.17. The molecule has 0 aliphatic carbocycles. The summed E-state index contributed by atoms with van der Waals surface area (Å²) in [6.07, 6.45) is 2.34. The van der Waals surface area contributed by atoms with Crippen LogP contribution in [0, 0.1) is 5.41 Å². The molecule has 0 radical (unpaired) electrons. The minimum absolute atomic E-state index is 0.138. The molecule has 1 amide bonds. The highest BCUT2D eigenvalue weighted by atomic mass is 16.5. The zero-order valence-corrected chi connectivity index (χ0v) is 22.3.